The molecule has 20 heavy (non-hydrogen) atoms. The van der Waals surface area contributed by atoms with Crippen molar-refractivity contribution in [3.8, 4) is 22.8 Å². The van der Waals surface area contributed by atoms with Crippen LogP contribution in [-0.2, 0) is 6.54 Å². The molecule has 3 N–H and O–H groups in total. The number of aromatic amines is 1. The van der Waals surface area contributed by atoms with Gasteiger partial charge in [-0.15, -0.1) is 0 Å². The lowest BCUT2D eigenvalue weighted by Gasteiger charge is -2.12. The van der Waals surface area contributed by atoms with Crippen molar-refractivity contribution in [2.24, 2.45) is 5.73 Å². The fraction of sp³-hybridized carbons (Fsp3) is 0.400. The average molecular weight is 275 g/mol. The maximum absolute atomic E-state index is 5.72. The van der Waals surface area contributed by atoms with E-state index in [1.165, 1.54) is 0 Å². The minimum absolute atomic E-state index is 0.447. The highest BCUT2D eigenvalue weighted by Gasteiger charge is 2.11. The van der Waals surface area contributed by atoms with Crippen molar-refractivity contribution in [1.82, 2.24) is 10.2 Å². The van der Waals surface area contributed by atoms with Gasteiger partial charge < -0.3 is 15.2 Å². The van der Waals surface area contributed by atoms with Gasteiger partial charge in [0.25, 0.3) is 0 Å². The van der Waals surface area contributed by atoms with Crippen LogP contribution in [0.1, 0.15) is 25.3 Å². The topological polar surface area (TPSA) is 73.2 Å². The Balaban J connectivity index is 2.25. The van der Waals surface area contributed by atoms with Crippen molar-refractivity contribution < 1.29 is 9.47 Å². The summed E-state index contributed by atoms with van der Waals surface area (Å²) in [5.41, 5.74) is 8.59. The van der Waals surface area contributed by atoms with E-state index in [2.05, 4.69) is 17.1 Å². The molecule has 1 aromatic heterocycles. The number of aromatic nitrogens is 2. The molecule has 0 bridgehead atoms. The van der Waals surface area contributed by atoms with Crippen molar-refractivity contribution in [3.05, 3.63) is 30.0 Å². The second-order valence-corrected chi connectivity index (χ2v) is 4.54. The third-order valence-corrected chi connectivity index (χ3v) is 3.15. The summed E-state index contributed by atoms with van der Waals surface area (Å²) in [5.74, 6) is 1.48. The fourth-order valence-corrected chi connectivity index (χ4v) is 1.98. The number of H-pyrrole nitrogens is 1. The quantitative estimate of drug-likeness (QED) is 0.762. The van der Waals surface area contributed by atoms with E-state index in [1.54, 1.807) is 13.3 Å². The van der Waals surface area contributed by atoms with Crippen LogP contribution in [0.3, 0.4) is 0 Å². The molecule has 0 unspecified atom stereocenters. The van der Waals surface area contributed by atoms with E-state index < -0.39 is 0 Å². The molecule has 0 radical (unpaired) electrons. The van der Waals surface area contributed by atoms with Gasteiger partial charge in [0.15, 0.2) is 11.5 Å². The zero-order chi connectivity index (χ0) is 14.4. The minimum atomic E-state index is 0.447. The number of hydrogen-bond acceptors (Lipinski definition) is 4. The van der Waals surface area contributed by atoms with E-state index in [1.807, 2.05) is 18.2 Å². The second kappa shape index (κ2) is 6.96. The Morgan fingerprint density at radius 1 is 1.30 bits per heavy atom. The van der Waals surface area contributed by atoms with Gasteiger partial charge in [0.1, 0.15) is 0 Å². The largest absolute Gasteiger partial charge is 0.493 e. The Bertz CT molecular complexity index is 552. The van der Waals surface area contributed by atoms with Gasteiger partial charge >= 0.3 is 0 Å². The summed E-state index contributed by atoms with van der Waals surface area (Å²) in [4.78, 5) is 0. The zero-order valence-corrected chi connectivity index (χ0v) is 12.0. The monoisotopic (exact) mass is 275 g/mol. The SMILES string of the molecule is CCCCOc1ccc(-c2[nH]ncc2CN)cc1OC. The molecule has 0 fully saturated rings. The summed E-state index contributed by atoms with van der Waals surface area (Å²) in [6.07, 6.45) is 3.88. The van der Waals surface area contributed by atoms with Gasteiger partial charge in [-0.1, -0.05) is 13.3 Å². The van der Waals surface area contributed by atoms with E-state index in [4.69, 9.17) is 15.2 Å². The van der Waals surface area contributed by atoms with Crippen LogP contribution in [0, 0.1) is 0 Å². The summed E-state index contributed by atoms with van der Waals surface area (Å²) in [6, 6.07) is 5.84. The summed E-state index contributed by atoms with van der Waals surface area (Å²) >= 11 is 0. The molecule has 0 spiro atoms. The van der Waals surface area contributed by atoms with Gasteiger partial charge in [-0.05, 0) is 24.6 Å². The summed E-state index contributed by atoms with van der Waals surface area (Å²) in [6.45, 7) is 3.28. The van der Waals surface area contributed by atoms with Crippen LogP contribution in [0.2, 0.25) is 0 Å². The number of ether oxygens (including phenoxy) is 2. The minimum Gasteiger partial charge on any atom is -0.493 e. The number of hydrogen-bond donors (Lipinski definition) is 2. The highest BCUT2D eigenvalue weighted by Crippen LogP contribution is 2.33. The highest BCUT2D eigenvalue weighted by molar-refractivity contribution is 5.66. The molecule has 0 aliphatic rings. The lowest BCUT2D eigenvalue weighted by molar-refractivity contribution is 0.288. The van der Waals surface area contributed by atoms with Crippen molar-refractivity contribution in [2.45, 2.75) is 26.3 Å². The Labute approximate surface area is 119 Å². The predicted octanol–water partition coefficient (Wildman–Crippen LogP) is 2.72. The molecule has 5 nitrogen and oxygen atoms in total. The lowest BCUT2D eigenvalue weighted by atomic mass is 10.1. The van der Waals surface area contributed by atoms with Crippen LogP contribution >= 0.6 is 0 Å². The first-order valence-electron chi connectivity index (χ1n) is 6.83. The van der Waals surface area contributed by atoms with Crippen LogP contribution in [-0.4, -0.2) is 23.9 Å². The smallest absolute Gasteiger partial charge is 0.161 e. The predicted molar refractivity (Wildman–Crippen MR) is 78.9 cm³/mol. The average Bonchev–Trinajstić information content (AvgIpc) is 2.96. The summed E-state index contributed by atoms with van der Waals surface area (Å²) in [5, 5.41) is 7.00. The molecule has 0 saturated carbocycles. The van der Waals surface area contributed by atoms with Gasteiger partial charge in [0.2, 0.25) is 0 Å². The molecule has 0 aliphatic heterocycles. The zero-order valence-electron chi connectivity index (χ0n) is 12.0. The Morgan fingerprint density at radius 3 is 2.85 bits per heavy atom. The van der Waals surface area contributed by atoms with Gasteiger partial charge in [-0.3, -0.25) is 5.10 Å². The van der Waals surface area contributed by atoms with Crippen LogP contribution < -0.4 is 15.2 Å². The number of unbranched alkanes of at least 4 members (excludes halogenated alkanes) is 1. The fourth-order valence-electron chi connectivity index (χ4n) is 1.98. The molecule has 0 aliphatic carbocycles. The van der Waals surface area contributed by atoms with Crippen LogP contribution in [0.25, 0.3) is 11.3 Å². The molecule has 0 saturated heterocycles. The van der Waals surface area contributed by atoms with Gasteiger partial charge in [-0.25, -0.2) is 0 Å². The van der Waals surface area contributed by atoms with Crippen molar-refractivity contribution in [3.63, 3.8) is 0 Å². The third kappa shape index (κ3) is 3.11. The molecule has 0 atom stereocenters. The Kier molecular flexibility index (Phi) is 5.01. The van der Waals surface area contributed by atoms with Crippen molar-refractivity contribution >= 4 is 0 Å². The third-order valence-electron chi connectivity index (χ3n) is 3.15. The summed E-state index contributed by atoms with van der Waals surface area (Å²) in [7, 11) is 1.64. The van der Waals surface area contributed by atoms with E-state index in [0.29, 0.717) is 13.2 Å². The van der Waals surface area contributed by atoms with Gasteiger partial charge in [0.05, 0.1) is 25.6 Å². The molecule has 5 heteroatoms. The Hall–Kier alpha value is -2.01. The van der Waals surface area contributed by atoms with Gasteiger partial charge in [0, 0.05) is 17.7 Å². The molecule has 0 amide bonds. The van der Waals surface area contributed by atoms with Gasteiger partial charge in [-0.2, -0.15) is 5.10 Å². The number of benzene rings is 1. The molecule has 2 aromatic rings. The number of rotatable bonds is 7. The maximum Gasteiger partial charge on any atom is 0.161 e. The lowest BCUT2D eigenvalue weighted by Crippen LogP contribution is -2.00. The number of nitrogens with zero attached hydrogens (tertiary/aromatic N) is 1. The first-order chi connectivity index (χ1) is 9.80. The van der Waals surface area contributed by atoms with Crippen molar-refractivity contribution in [2.75, 3.05) is 13.7 Å². The second-order valence-electron chi connectivity index (χ2n) is 4.54. The number of methoxy groups -OCH3 is 1. The van der Waals surface area contributed by atoms with E-state index in [0.717, 1.165) is 41.2 Å². The summed E-state index contributed by atoms with van der Waals surface area (Å²) < 4.78 is 11.1. The van der Waals surface area contributed by atoms with E-state index >= 15 is 0 Å². The van der Waals surface area contributed by atoms with Crippen LogP contribution in [0.5, 0.6) is 11.5 Å². The molecule has 2 rings (SSSR count). The van der Waals surface area contributed by atoms with E-state index in [-0.39, 0.29) is 0 Å². The van der Waals surface area contributed by atoms with Crippen molar-refractivity contribution in [1.29, 1.82) is 0 Å². The molecular weight excluding hydrogens is 254 g/mol. The Morgan fingerprint density at radius 2 is 2.15 bits per heavy atom. The molecular formula is C15H21N3O2. The molecule has 1 aromatic carbocycles. The maximum atomic E-state index is 5.72. The standard InChI is InChI=1S/C15H21N3O2/c1-3-4-7-20-13-6-5-11(8-14(13)19-2)15-12(9-16)10-17-18-15/h5-6,8,10H,3-4,7,9,16H2,1-2H3,(H,17,18). The highest BCUT2D eigenvalue weighted by atomic mass is 16.5. The number of nitrogens with two attached hydrogens (primary N) is 1. The first kappa shape index (κ1) is 14.4. The first-order valence-corrected chi connectivity index (χ1v) is 6.83. The molecule has 108 valence electrons. The van der Waals surface area contributed by atoms with Crippen LogP contribution in [0.4, 0.5) is 0 Å². The van der Waals surface area contributed by atoms with E-state index in [9.17, 15) is 0 Å². The molecule has 1 heterocycles. The normalized spacial score (nSPS) is 10.6. The van der Waals surface area contributed by atoms with Crippen LogP contribution in [0.15, 0.2) is 24.4 Å². The number of nitrogens with one attached hydrogen (secondary N) is 1.